The first-order chi connectivity index (χ1) is 8.81. The van der Waals surface area contributed by atoms with Crippen molar-refractivity contribution >= 4 is 5.97 Å². The lowest BCUT2D eigenvalue weighted by molar-refractivity contribution is 0.0372. The van der Waals surface area contributed by atoms with Crippen LogP contribution in [0.2, 0.25) is 0 Å². The molecular weight excluding hydrogens is 240 g/mol. The van der Waals surface area contributed by atoms with Crippen LogP contribution in [-0.2, 0) is 4.74 Å². The van der Waals surface area contributed by atoms with Crippen LogP contribution in [0.25, 0.3) is 0 Å². The molecule has 0 unspecified atom stereocenters. The Kier molecular flexibility index (Phi) is 5.40. The molecule has 0 N–H and O–H groups in total. The summed E-state index contributed by atoms with van der Waals surface area (Å²) in [5.41, 5.74) is 2.52. The molecule has 0 fully saturated rings. The maximum Gasteiger partial charge on any atom is 0.342 e. The molecule has 0 amide bonds. The van der Waals surface area contributed by atoms with Crippen LogP contribution in [0, 0.1) is 19.8 Å². The minimum Gasteiger partial charge on any atom is -0.492 e. The van der Waals surface area contributed by atoms with Gasteiger partial charge in [0.25, 0.3) is 0 Å². The van der Waals surface area contributed by atoms with Crippen molar-refractivity contribution in [3.8, 4) is 5.75 Å². The largest absolute Gasteiger partial charge is 0.492 e. The number of carbonyl (C=O) groups is 1. The molecule has 0 saturated heterocycles. The van der Waals surface area contributed by atoms with Crippen LogP contribution in [0.4, 0.5) is 0 Å². The van der Waals surface area contributed by atoms with Crippen LogP contribution in [0.3, 0.4) is 0 Å². The second-order valence-corrected chi connectivity index (χ2v) is 5.62. The molecule has 0 saturated carbocycles. The summed E-state index contributed by atoms with van der Waals surface area (Å²) in [4.78, 5) is 12.1. The molecule has 19 heavy (non-hydrogen) atoms. The van der Waals surface area contributed by atoms with Gasteiger partial charge in [-0.1, -0.05) is 19.9 Å². The molecule has 1 aromatic carbocycles. The van der Waals surface area contributed by atoms with Gasteiger partial charge in [-0.05, 0) is 50.8 Å². The molecule has 0 heterocycles. The Morgan fingerprint density at radius 3 is 2.32 bits per heavy atom. The zero-order valence-corrected chi connectivity index (χ0v) is 12.7. The van der Waals surface area contributed by atoms with Gasteiger partial charge in [0.05, 0.1) is 12.7 Å². The summed E-state index contributed by atoms with van der Waals surface area (Å²) in [6.45, 7) is 12.3. The lowest BCUT2D eigenvalue weighted by Crippen LogP contribution is -2.15. The predicted molar refractivity (Wildman–Crippen MR) is 76.8 cm³/mol. The Labute approximate surface area is 115 Å². The second kappa shape index (κ2) is 6.60. The highest BCUT2D eigenvalue weighted by atomic mass is 16.5. The van der Waals surface area contributed by atoms with Crippen LogP contribution in [0.1, 0.15) is 49.2 Å². The number of benzene rings is 1. The summed E-state index contributed by atoms with van der Waals surface area (Å²) in [6.07, 6.45) is -0.133. The SMILES string of the molecule is Cc1cc(C)c(OCC(C)C)c(C(=O)OC(C)C)c1. The number of ether oxygens (including phenoxy) is 2. The Morgan fingerprint density at radius 1 is 1.16 bits per heavy atom. The molecule has 1 aromatic rings. The standard InChI is InChI=1S/C16H24O3/c1-10(2)9-18-15-13(6)7-12(5)8-14(15)16(17)19-11(3)4/h7-8,10-11H,9H2,1-6H3. The lowest BCUT2D eigenvalue weighted by Gasteiger charge is -2.17. The number of aryl methyl sites for hydroxylation is 2. The molecule has 106 valence electrons. The zero-order valence-electron chi connectivity index (χ0n) is 12.7. The van der Waals surface area contributed by atoms with Gasteiger partial charge >= 0.3 is 5.97 Å². The van der Waals surface area contributed by atoms with Gasteiger partial charge in [-0.15, -0.1) is 0 Å². The van der Waals surface area contributed by atoms with Gasteiger partial charge < -0.3 is 9.47 Å². The molecule has 0 aromatic heterocycles. The monoisotopic (exact) mass is 264 g/mol. The van der Waals surface area contributed by atoms with E-state index >= 15 is 0 Å². The second-order valence-electron chi connectivity index (χ2n) is 5.62. The van der Waals surface area contributed by atoms with Crippen LogP contribution < -0.4 is 4.74 Å². The van der Waals surface area contributed by atoms with E-state index < -0.39 is 0 Å². The number of hydrogen-bond acceptors (Lipinski definition) is 3. The Hall–Kier alpha value is -1.51. The quantitative estimate of drug-likeness (QED) is 0.756. The normalized spacial score (nSPS) is 10.9. The van der Waals surface area contributed by atoms with Gasteiger partial charge in [-0.2, -0.15) is 0 Å². The average Bonchev–Trinajstić information content (AvgIpc) is 2.25. The van der Waals surface area contributed by atoms with Crippen molar-refractivity contribution in [3.63, 3.8) is 0 Å². The fraction of sp³-hybridized carbons (Fsp3) is 0.562. The topological polar surface area (TPSA) is 35.5 Å². The number of rotatable bonds is 5. The van der Waals surface area contributed by atoms with E-state index in [-0.39, 0.29) is 12.1 Å². The molecule has 0 aliphatic carbocycles. The van der Waals surface area contributed by atoms with Gasteiger partial charge in [0.2, 0.25) is 0 Å². The summed E-state index contributed by atoms with van der Waals surface area (Å²) in [5.74, 6) is 0.736. The summed E-state index contributed by atoms with van der Waals surface area (Å²) < 4.78 is 11.1. The number of hydrogen-bond donors (Lipinski definition) is 0. The first kappa shape index (κ1) is 15.5. The van der Waals surface area contributed by atoms with Crippen molar-refractivity contribution < 1.29 is 14.3 Å². The molecule has 0 atom stereocenters. The van der Waals surface area contributed by atoms with Crippen molar-refractivity contribution in [1.29, 1.82) is 0 Å². The van der Waals surface area contributed by atoms with Gasteiger partial charge in [-0.3, -0.25) is 0 Å². The smallest absolute Gasteiger partial charge is 0.342 e. The van der Waals surface area contributed by atoms with Crippen molar-refractivity contribution in [2.45, 2.75) is 47.6 Å². The van der Waals surface area contributed by atoms with Crippen molar-refractivity contribution in [1.82, 2.24) is 0 Å². The van der Waals surface area contributed by atoms with E-state index in [1.165, 1.54) is 0 Å². The van der Waals surface area contributed by atoms with E-state index in [0.29, 0.717) is 23.8 Å². The summed E-state index contributed by atoms with van der Waals surface area (Å²) in [6, 6.07) is 3.84. The van der Waals surface area contributed by atoms with Gasteiger partial charge in [-0.25, -0.2) is 4.79 Å². The van der Waals surface area contributed by atoms with Crippen LogP contribution in [0.5, 0.6) is 5.75 Å². The van der Waals surface area contributed by atoms with Gasteiger partial charge in [0, 0.05) is 0 Å². The third-order valence-electron chi connectivity index (χ3n) is 2.54. The van der Waals surface area contributed by atoms with E-state index in [1.807, 2.05) is 39.8 Å². The summed E-state index contributed by atoms with van der Waals surface area (Å²) in [7, 11) is 0. The third kappa shape index (κ3) is 4.58. The Balaban J connectivity index is 3.08. The van der Waals surface area contributed by atoms with Crippen LogP contribution >= 0.6 is 0 Å². The number of carbonyl (C=O) groups excluding carboxylic acids is 1. The lowest BCUT2D eigenvalue weighted by atomic mass is 10.1. The first-order valence-corrected chi connectivity index (χ1v) is 6.76. The predicted octanol–water partition coefficient (Wildman–Crippen LogP) is 3.90. The maximum absolute atomic E-state index is 12.1. The van der Waals surface area contributed by atoms with Crippen LogP contribution in [-0.4, -0.2) is 18.7 Å². The van der Waals surface area contributed by atoms with E-state index in [1.54, 1.807) is 0 Å². The van der Waals surface area contributed by atoms with Gasteiger partial charge in [0.1, 0.15) is 11.3 Å². The van der Waals surface area contributed by atoms with Crippen molar-refractivity contribution in [3.05, 3.63) is 28.8 Å². The molecule has 0 aliphatic rings. The van der Waals surface area contributed by atoms with E-state index in [0.717, 1.165) is 11.1 Å². The minimum atomic E-state index is -0.319. The molecule has 0 aliphatic heterocycles. The third-order valence-corrected chi connectivity index (χ3v) is 2.54. The number of esters is 1. The fourth-order valence-corrected chi connectivity index (χ4v) is 1.83. The van der Waals surface area contributed by atoms with Gasteiger partial charge in [0.15, 0.2) is 0 Å². The molecule has 3 nitrogen and oxygen atoms in total. The van der Waals surface area contributed by atoms with E-state index in [9.17, 15) is 4.79 Å². The van der Waals surface area contributed by atoms with Crippen LogP contribution in [0.15, 0.2) is 12.1 Å². The highest BCUT2D eigenvalue weighted by Gasteiger charge is 2.18. The molecule has 0 bridgehead atoms. The molecule has 0 spiro atoms. The minimum absolute atomic E-state index is 0.133. The Bertz CT molecular complexity index is 448. The summed E-state index contributed by atoms with van der Waals surface area (Å²) >= 11 is 0. The summed E-state index contributed by atoms with van der Waals surface area (Å²) in [5, 5.41) is 0. The molecular formula is C16H24O3. The Morgan fingerprint density at radius 2 is 1.79 bits per heavy atom. The zero-order chi connectivity index (χ0) is 14.6. The highest BCUT2D eigenvalue weighted by Crippen LogP contribution is 2.27. The maximum atomic E-state index is 12.1. The highest BCUT2D eigenvalue weighted by molar-refractivity contribution is 5.93. The van der Waals surface area contributed by atoms with Crippen molar-refractivity contribution in [2.24, 2.45) is 5.92 Å². The molecule has 0 radical (unpaired) electrons. The first-order valence-electron chi connectivity index (χ1n) is 6.76. The molecule has 1 rings (SSSR count). The van der Waals surface area contributed by atoms with Crippen molar-refractivity contribution in [2.75, 3.05) is 6.61 Å². The average molecular weight is 264 g/mol. The molecule has 3 heteroatoms. The van der Waals surface area contributed by atoms with E-state index in [4.69, 9.17) is 9.47 Å². The fourth-order valence-electron chi connectivity index (χ4n) is 1.83. The van der Waals surface area contributed by atoms with E-state index in [2.05, 4.69) is 13.8 Å².